The molecule has 0 bridgehead atoms. The number of benzene rings is 2. The quantitative estimate of drug-likeness (QED) is 0.617. The number of nitrogens with one attached hydrogen (secondary N) is 1. The number of hydrogen-bond donors (Lipinski definition) is 1. The number of carbonyl (C=O) groups excluding carboxylic acids is 1. The summed E-state index contributed by atoms with van der Waals surface area (Å²) in [7, 11) is 0. The van der Waals surface area contributed by atoms with Gasteiger partial charge in [0.25, 0.3) is 11.6 Å². The van der Waals surface area contributed by atoms with E-state index in [0.717, 1.165) is 44.7 Å². The van der Waals surface area contributed by atoms with Crippen molar-refractivity contribution >= 4 is 29.8 Å². The van der Waals surface area contributed by atoms with Crippen LogP contribution in [0.4, 0.5) is 5.69 Å². The van der Waals surface area contributed by atoms with Crippen molar-refractivity contribution in [2.24, 2.45) is 4.99 Å². The Balaban J connectivity index is 0.00000240. The Hall–Kier alpha value is -2.93. The van der Waals surface area contributed by atoms with Crippen molar-refractivity contribution in [2.45, 2.75) is 25.3 Å². The molecule has 0 atom stereocenters. The third-order valence-corrected chi connectivity index (χ3v) is 5.35. The molecule has 2 aliphatic heterocycles. The highest BCUT2D eigenvalue weighted by atomic mass is 35.5. The first kappa shape index (κ1) is 20.8. The minimum Gasteiger partial charge on any atom is -0.356 e. The second-order valence-electron chi connectivity index (χ2n) is 7.15. The highest BCUT2D eigenvalue weighted by Gasteiger charge is 2.26. The number of non-ortho nitro benzene ring substituents is 1. The summed E-state index contributed by atoms with van der Waals surface area (Å²) in [6, 6.07) is 14.3. The second-order valence-corrected chi connectivity index (χ2v) is 7.15. The van der Waals surface area contributed by atoms with Crippen LogP contribution in [0.3, 0.4) is 0 Å². The molecule has 1 saturated heterocycles. The summed E-state index contributed by atoms with van der Waals surface area (Å²) < 4.78 is 0. The van der Waals surface area contributed by atoms with E-state index in [9.17, 15) is 14.9 Å². The zero-order valence-electron chi connectivity index (χ0n) is 15.9. The van der Waals surface area contributed by atoms with Gasteiger partial charge in [0.15, 0.2) is 0 Å². The van der Waals surface area contributed by atoms with Crippen LogP contribution in [-0.4, -0.2) is 47.2 Å². The average Bonchev–Trinajstić information content (AvgIpc) is 2.74. The van der Waals surface area contributed by atoms with E-state index < -0.39 is 4.92 Å². The Morgan fingerprint density at radius 1 is 1.14 bits per heavy atom. The van der Waals surface area contributed by atoms with Crippen LogP contribution in [0, 0.1) is 10.1 Å². The fraction of sp³-hybridized carbons (Fsp3) is 0.333. The molecule has 0 aromatic heterocycles. The number of amides is 1. The predicted octanol–water partition coefficient (Wildman–Crippen LogP) is 3.21. The maximum absolute atomic E-state index is 12.5. The first-order valence-electron chi connectivity index (χ1n) is 9.55. The average molecular weight is 415 g/mol. The smallest absolute Gasteiger partial charge is 0.270 e. The molecule has 0 aliphatic carbocycles. The molecule has 1 N–H and O–H groups in total. The molecule has 2 aliphatic rings. The fourth-order valence-electron chi connectivity index (χ4n) is 3.86. The number of likely N-dealkylation sites (tertiary alicyclic amines) is 1. The molecule has 7 nitrogen and oxygen atoms in total. The van der Waals surface area contributed by atoms with E-state index in [1.807, 2.05) is 6.07 Å². The van der Waals surface area contributed by atoms with Gasteiger partial charge in [-0.2, -0.15) is 0 Å². The van der Waals surface area contributed by atoms with Crippen LogP contribution in [0.1, 0.15) is 34.3 Å². The summed E-state index contributed by atoms with van der Waals surface area (Å²) in [6.45, 7) is 2.47. The zero-order chi connectivity index (χ0) is 19.5. The van der Waals surface area contributed by atoms with Crippen LogP contribution in [0.2, 0.25) is 0 Å². The number of piperidine rings is 1. The molecule has 2 aromatic rings. The molecule has 8 heteroatoms. The minimum absolute atomic E-state index is 0. The third-order valence-electron chi connectivity index (χ3n) is 5.35. The zero-order valence-corrected chi connectivity index (χ0v) is 16.7. The maximum Gasteiger partial charge on any atom is 0.270 e. The molecule has 0 saturated carbocycles. The molecule has 4 rings (SSSR count). The van der Waals surface area contributed by atoms with E-state index in [0.29, 0.717) is 5.56 Å². The van der Waals surface area contributed by atoms with Gasteiger partial charge < -0.3 is 10.2 Å². The molecule has 152 valence electrons. The summed E-state index contributed by atoms with van der Waals surface area (Å²) in [6.07, 6.45) is 2.62. The predicted molar refractivity (Wildman–Crippen MR) is 114 cm³/mol. The number of halogens is 1. The van der Waals surface area contributed by atoms with Crippen molar-refractivity contribution in [2.75, 3.05) is 19.6 Å². The van der Waals surface area contributed by atoms with Crippen molar-refractivity contribution in [3.63, 3.8) is 0 Å². The number of amidine groups is 1. The molecule has 1 fully saturated rings. The Labute approximate surface area is 175 Å². The number of carbonyl (C=O) groups is 1. The highest BCUT2D eigenvalue weighted by molar-refractivity contribution is 6.01. The first-order valence-corrected chi connectivity index (χ1v) is 9.55. The topological polar surface area (TPSA) is 87.8 Å². The Kier molecular flexibility index (Phi) is 6.49. The van der Waals surface area contributed by atoms with Gasteiger partial charge in [-0.25, -0.2) is 0 Å². The second kappa shape index (κ2) is 9.05. The number of aliphatic imine (C=N–C) groups is 1. The van der Waals surface area contributed by atoms with Crippen LogP contribution in [0.25, 0.3) is 0 Å². The van der Waals surface area contributed by atoms with Crippen LogP contribution in [0.15, 0.2) is 53.5 Å². The first-order chi connectivity index (χ1) is 13.6. The highest BCUT2D eigenvalue weighted by Crippen LogP contribution is 2.21. The van der Waals surface area contributed by atoms with Gasteiger partial charge in [-0.15, -0.1) is 12.4 Å². The van der Waals surface area contributed by atoms with Gasteiger partial charge in [0.1, 0.15) is 5.84 Å². The Morgan fingerprint density at radius 3 is 2.66 bits per heavy atom. The summed E-state index contributed by atoms with van der Waals surface area (Å²) >= 11 is 0. The largest absolute Gasteiger partial charge is 0.356 e. The molecule has 0 spiro atoms. The van der Waals surface area contributed by atoms with Gasteiger partial charge in [-0.1, -0.05) is 30.3 Å². The van der Waals surface area contributed by atoms with E-state index in [2.05, 4.69) is 28.4 Å². The molecule has 2 aromatic carbocycles. The summed E-state index contributed by atoms with van der Waals surface area (Å²) in [5.41, 5.74) is 2.81. The van der Waals surface area contributed by atoms with Crippen molar-refractivity contribution in [3.8, 4) is 0 Å². The van der Waals surface area contributed by atoms with Gasteiger partial charge >= 0.3 is 0 Å². The summed E-state index contributed by atoms with van der Waals surface area (Å²) in [5, 5.41) is 13.9. The lowest BCUT2D eigenvalue weighted by atomic mass is 9.98. The SMILES string of the molecule is Cl.O=C(NC1CCN(C2=NCCc3ccccc32)CC1)c1cccc([N+](=O)[O-])c1. The van der Waals surface area contributed by atoms with Gasteiger partial charge in [0, 0.05) is 48.9 Å². The molecular formula is C21H23ClN4O3. The number of nitro groups is 1. The Bertz CT molecular complexity index is 939. The lowest BCUT2D eigenvalue weighted by molar-refractivity contribution is -0.384. The molecular weight excluding hydrogens is 392 g/mol. The standard InChI is InChI=1S/C21H22N4O3.ClH/c26-21(16-5-3-6-18(14-16)25(27)28)23-17-9-12-24(13-10-17)20-19-7-2-1-4-15(19)8-11-22-20;/h1-7,14,17H,8-13H2,(H,23,26);1H. The lowest BCUT2D eigenvalue weighted by Gasteiger charge is -2.36. The van der Waals surface area contributed by atoms with Crippen molar-refractivity contribution < 1.29 is 9.72 Å². The Morgan fingerprint density at radius 2 is 1.90 bits per heavy atom. The molecule has 0 radical (unpaired) electrons. The summed E-state index contributed by atoms with van der Waals surface area (Å²) in [5.74, 6) is 0.799. The van der Waals surface area contributed by atoms with Gasteiger partial charge in [-0.05, 0) is 30.9 Å². The van der Waals surface area contributed by atoms with Gasteiger partial charge in [0.2, 0.25) is 0 Å². The molecule has 0 unspecified atom stereocenters. The van der Waals surface area contributed by atoms with E-state index in [-0.39, 0.29) is 30.0 Å². The van der Waals surface area contributed by atoms with E-state index >= 15 is 0 Å². The maximum atomic E-state index is 12.5. The van der Waals surface area contributed by atoms with E-state index in [1.165, 1.54) is 29.3 Å². The number of fused-ring (bicyclic) bond motifs is 1. The van der Waals surface area contributed by atoms with Crippen LogP contribution >= 0.6 is 12.4 Å². The normalized spacial score (nSPS) is 16.3. The number of hydrogen-bond acceptors (Lipinski definition) is 5. The fourth-order valence-corrected chi connectivity index (χ4v) is 3.86. The molecule has 1 amide bonds. The van der Waals surface area contributed by atoms with E-state index in [4.69, 9.17) is 4.99 Å². The van der Waals surface area contributed by atoms with Gasteiger partial charge in [-0.3, -0.25) is 19.9 Å². The monoisotopic (exact) mass is 414 g/mol. The van der Waals surface area contributed by atoms with Gasteiger partial charge in [0.05, 0.1) is 4.92 Å². The number of nitrogens with zero attached hydrogens (tertiary/aromatic N) is 3. The number of rotatable bonds is 3. The molecule has 2 heterocycles. The summed E-state index contributed by atoms with van der Waals surface area (Å²) in [4.78, 5) is 29.9. The van der Waals surface area contributed by atoms with Crippen LogP contribution in [-0.2, 0) is 6.42 Å². The lowest BCUT2D eigenvalue weighted by Crippen LogP contribution is -2.47. The molecule has 29 heavy (non-hydrogen) atoms. The third kappa shape index (κ3) is 4.56. The van der Waals surface area contributed by atoms with Crippen LogP contribution < -0.4 is 5.32 Å². The van der Waals surface area contributed by atoms with Crippen molar-refractivity contribution in [3.05, 3.63) is 75.3 Å². The van der Waals surface area contributed by atoms with Crippen molar-refractivity contribution in [1.29, 1.82) is 0 Å². The van der Waals surface area contributed by atoms with Crippen molar-refractivity contribution in [1.82, 2.24) is 10.2 Å². The van der Waals surface area contributed by atoms with E-state index in [1.54, 1.807) is 6.07 Å². The number of nitro benzene ring substituents is 1. The van der Waals surface area contributed by atoms with Crippen LogP contribution in [0.5, 0.6) is 0 Å². The minimum atomic E-state index is -0.488.